The Bertz CT molecular complexity index is 257. The van der Waals surface area contributed by atoms with Crippen molar-refractivity contribution in [2.24, 2.45) is 17.1 Å². The van der Waals surface area contributed by atoms with Crippen LogP contribution in [0.5, 0.6) is 0 Å². The van der Waals surface area contributed by atoms with Crippen molar-refractivity contribution < 1.29 is 5.11 Å². The molecule has 0 amide bonds. The summed E-state index contributed by atoms with van der Waals surface area (Å²) >= 11 is 1.85. The molecule has 2 rings (SSSR count). The van der Waals surface area contributed by atoms with E-state index in [1.807, 2.05) is 11.8 Å². The van der Waals surface area contributed by atoms with Gasteiger partial charge in [-0.3, -0.25) is 0 Å². The number of hydrogen-bond acceptors (Lipinski definition) is 3. The van der Waals surface area contributed by atoms with Gasteiger partial charge in [0.05, 0.1) is 6.10 Å². The highest BCUT2D eigenvalue weighted by Crippen LogP contribution is 2.57. The summed E-state index contributed by atoms with van der Waals surface area (Å²) < 4.78 is 0.151. The Morgan fingerprint density at radius 2 is 1.88 bits per heavy atom. The van der Waals surface area contributed by atoms with E-state index in [2.05, 4.69) is 13.2 Å². The summed E-state index contributed by atoms with van der Waals surface area (Å²) in [6.07, 6.45) is 10.4. The van der Waals surface area contributed by atoms with Gasteiger partial charge in [0.25, 0.3) is 0 Å². The normalized spacial score (nSPS) is 37.8. The maximum absolute atomic E-state index is 10.8. The van der Waals surface area contributed by atoms with E-state index in [0.29, 0.717) is 6.54 Å². The standard InChI is InChI=1S/C14H27NOS/c1-3-11-4-6-13(10-15,7-5-11)12(16)14(17-2)8-9-14/h11-12,16H,3-10,15H2,1-2H3. The molecule has 3 heteroatoms. The molecule has 2 nitrogen and oxygen atoms in total. The van der Waals surface area contributed by atoms with Crippen molar-refractivity contribution in [2.45, 2.75) is 62.7 Å². The summed E-state index contributed by atoms with van der Waals surface area (Å²) in [4.78, 5) is 0. The molecular weight excluding hydrogens is 230 g/mol. The molecule has 0 aromatic carbocycles. The number of nitrogens with two attached hydrogens (primary N) is 1. The predicted octanol–water partition coefficient (Wildman–Crippen LogP) is 2.79. The maximum atomic E-state index is 10.8. The Kier molecular flexibility index (Phi) is 4.11. The molecule has 2 aliphatic rings. The maximum Gasteiger partial charge on any atom is 0.0754 e. The molecule has 1 unspecified atom stereocenters. The second-order valence-electron chi connectivity index (χ2n) is 6.09. The lowest BCUT2D eigenvalue weighted by Gasteiger charge is -2.45. The molecule has 0 radical (unpaired) electrons. The van der Waals surface area contributed by atoms with Crippen molar-refractivity contribution >= 4 is 11.8 Å². The molecule has 1 atom stereocenters. The minimum absolute atomic E-state index is 0.0190. The van der Waals surface area contributed by atoms with Crippen molar-refractivity contribution in [3.8, 4) is 0 Å². The molecule has 3 N–H and O–H groups in total. The van der Waals surface area contributed by atoms with Crippen LogP contribution >= 0.6 is 11.8 Å². The lowest BCUT2D eigenvalue weighted by Crippen LogP contribution is -2.50. The van der Waals surface area contributed by atoms with Crippen molar-refractivity contribution in [3.63, 3.8) is 0 Å². The van der Waals surface area contributed by atoms with Gasteiger partial charge in [0.15, 0.2) is 0 Å². The van der Waals surface area contributed by atoms with Crippen LogP contribution in [-0.4, -0.2) is 28.8 Å². The van der Waals surface area contributed by atoms with Gasteiger partial charge in [0.1, 0.15) is 0 Å². The predicted molar refractivity (Wildman–Crippen MR) is 75.2 cm³/mol. The molecule has 2 saturated carbocycles. The van der Waals surface area contributed by atoms with Crippen LogP contribution in [-0.2, 0) is 0 Å². The Morgan fingerprint density at radius 1 is 1.29 bits per heavy atom. The summed E-state index contributed by atoms with van der Waals surface area (Å²) in [7, 11) is 0. The highest BCUT2D eigenvalue weighted by Gasteiger charge is 2.56. The first-order chi connectivity index (χ1) is 8.12. The highest BCUT2D eigenvalue weighted by molar-refractivity contribution is 8.00. The van der Waals surface area contributed by atoms with Crippen LogP contribution in [0.2, 0.25) is 0 Å². The third kappa shape index (κ3) is 2.39. The Balaban J connectivity index is 2.05. The number of thioether (sulfide) groups is 1. The fraction of sp³-hybridized carbons (Fsp3) is 1.00. The smallest absolute Gasteiger partial charge is 0.0754 e. The first kappa shape index (κ1) is 13.7. The van der Waals surface area contributed by atoms with Gasteiger partial charge in [-0.25, -0.2) is 0 Å². The minimum Gasteiger partial charge on any atom is -0.391 e. The van der Waals surface area contributed by atoms with Gasteiger partial charge in [-0.2, -0.15) is 11.8 Å². The second-order valence-corrected chi connectivity index (χ2v) is 7.31. The Hall–Kier alpha value is 0.270. The van der Waals surface area contributed by atoms with Gasteiger partial charge in [-0.05, 0) is 50.7 Å². The van der Waals surface area contributed by atoms with E-state index in [9.17, 15) is 5.11 Å². The van der Waals surface area contributed by atoms with Crippen LogP contribution in [0.4, 0.5) is 0 Å². The van der Waals surface area contributed by atoms with Crippen LogP contribution in [0.15, 0.2) is 0 Å². The number of hydrogen-bond donors (Lipinski definition) is 2. The molecule has 0 bridgehead atoms. The Morgan fingerprint density at radius 3 is 2.24 bits per heavy atom. The molecule has 0 aromatic rings. The van der Waals surface area contributed by atoms with E-state index in [4.69, 9.17) is 5.73 Å². The first-order valence-corrected chi connectivity index (χ1v) is 8.28. The summed E-state index contributed by atoms with van der Waals surface area (Å²) in [6, 6.07) is 0. The summed E-state index contributed by atoms with van der Waals surface area (Å²) in [5.41, 5.74) is 6.05. The van der Waals surface area contributed by atoms with Crippen LogP contribution in [0.1, 0.15) is 51.9 Å². The summed E-state index contributed by atoms with van der Waals surface area (Å²) in [5, 5.41) is 10.8. The van der Waals surface area contributed by atoms with Crippen molar-refractivity contribution in [1.29, 1.82) is 0 Å². The van der Waals surface area contributed by atoms with Gasteiger partial charge in [0, 0.05) is 16.7 Å². The molecular formula is C14H27NOS. The monoisotopic (exact) mass is 257 g/mol. The lowest BCUT2D eigenvalue weighted by atomic mass is 9.65. The fourth-order valence-electron chi connectivity index (χ4n) is 3.52. The van der Waals surface area contributed by atoms with Crippen molar-refractivity contribution in [1.82, 2.24) is 0 Å². The number of aliphatic hydroxyl groups is 1. The third-order valence-corrected chi connectivity index (χ3v) is 6.76. The van der Waals surface area contributed by atoms with Gasteiger partial charge < -0.3 is 10.8 Å². The zero-order chi connectivity index (χ0) is 12.5. The van der Waals surface area contributed by atoms with Gasteiger partial charge in [-0.15, -0.1) is 0 Å². The highest BCUT2D eigenvalue weighted by atomic mass is 32.2. The largest absolute Gasteiger partial charge is 0.391 e. The van der Waals surface area contributed by atoms with Crippen LogP contribution in [0.25, 0.3) is 0 Å². The molecule has 0 aliphatic heterocycles. The molecule has 0 spiro atoms. The summed E-state index contributed by atoms with van der Waals surface area (Å²) in [6.45, 7) is 2.94. The van der Waals surface area contributed by atoms with E-state index >= 15 is 0 Å². The molecule has 100 valence electrons. The van der Waals surface area contributed by atoms with Crippen LogP contribution in [0.3, 0.4) is 0 Å². The first-order valence-electron chi connectivity index (χ1n) is 7.06. The zero-order valence-electron chi connectivity index (χ0n) is 11.2. The van der Waals surface area contributed by atoms with Crippen molar-refractivity contribution in [3.05, 3.63) is 0 Å². The van der Waals surface area contributed by atoms with Gasteiger partial charge in [0.2, 0.25) is 0 Å². The molecule has 0 aromatic heterocycles. The average molecular weight is 257 g/mol. The third-order valence-electron chi connectivity index (χ3n) is 5.31. The van der Waals surface area contributed by atoms with E-state index in [-0.39, 0.29) is 16.3 Å². The number of aliphatic hydroxyl groups excluding tert-OH is 1. The van der Waals surface area contributed by atoms with E-state index in [1.165, 1.54) is 32.1 Å². The summed E-state index contributed by atoms with van der Waals surface area (Å²) in [5.74, 6) is 0.867. The minimum atomic E-state index is -0.187. The molecule has 2 aliphatic carbocycles. The average Bonchev–Trinajstić information content (AvgIpc) is 3.19. The van der Waals surface area contributed by atoms with Gasteiger partial charge >= 0.3 is 0 Å². The molecule has 17 heavy (non-hydrogen) atoms. The van der Waals surface area contributed by atoms with E-state index in [0.717, 1.165) is 18.8 Å². The van der Waals surface area contributed by atoms with Crippen molar-refractivity contribution in [2.75, 3.05) is 12.8 Å². The SMILES string of the molecule is CCC1CCC(CN)(C(O)C2(SC)CC2)CC1. The quantitative estimate of drug-likeness (QED) is 0.796. The topological polar surface area (TPSA) is 46.2 Å². The number of rotatable bonds is 5. The van der Waals surface area contributed by atoms with Gasteiger partial charge in [-0.1, -0.05) is 13.3 Å². The lowest BCUT2D eigenvalue weighted by molar-refractivity contribution is -0.0139. The second kappa shape index (κ2) is 5.10. The van der Waals surface area contributed by atoms with E-state index in [1.54, 1.807) is 0 Å². The van der Waals surface area contributed by atoms with E-state index < -0.39 is 0 Å². The molecule has 0 heterocycles. The Labute approximate surface area is 110 Å². The molecule has 0 saturated heterocycles. The van der Waals surface area contributed by atoms with Crippen LogP contribution < -0.4 is 5.73 Å². The van der Waals surface area contributed by atoms with Crippen LogP contribution in [0, 0.1) is 11.3 Å². The fourth-order valence-corrected chi connectivity index (χ4v) is 4.50. The molecule has 2 fully saturated rings. The zero-order valence-corrected chi connectivity index (χ0v) is 12.1.